The standard InChI is InChI=1S/C11H23N3O/c1-9-3-5-14(6-4-9)11(12)13-7-10(2)8-15/h9-10,15H,3-8H2,1-2H3,(H2,12,13). The number of piperidine rings is 1. The molecule has 0 radical (unpaired) electrons. The van der Waals surface area contributed by atoms with Crippen LogP contribution in [0.5, 0.6) is 0 Å². The molecule has 1 atom stereocenters. The number of nitrogens with zero attached hydrogens (tertiary/aromatic N) is 2. The van der Waals surface area contributed by atoms with Gasteiger partial charge >= 0.3 is 0 Å². The van der Waals surface area contributed by atoms with Crippen LogP contribution in [0.3, 0.4) is 0 Å². The quantitative estimate of drug-likeness (QED) is 0.535. The van der Waals surface area contributed by atoms with Gasteiger partial charge in [-0.15, -0.1) is 0 Å². The van der Waals surface area contributed by atoms with E-state index >= 15 is 0 Å². The molecule has 0 aromatic heterocycles. The second-order valence-electron chi connectivity index (χ2n) is 4.66. The third kappa shape index (κ3) is 4.08. The Hall–Kier alpha value is -0.770. The average molecular weight is 213 g/mol. The first-order valence-electron chi connectivity index (χ1n) is 5.79. The monoisotopic (exact) mass is 213 g/mol. The SMILES string of the molecule is CC1CCN(C(N)=NCC(C)CO)CC1. The Morgan fingerprint density at radius 3 is 2.67 bits per heavy atom. The van der Waals surface area contributed by atoms with Crippen molar-refractivity contribution < 1.29 is 5.11 Å². The van der Waals surface area contributed by atoms with Gasteiger partial charge in [-0.1, -0.05) is 13.8 Å². The highest BCUT2D eigenvalue weighted by Gasteiger charge is 2.16. The van der Waals surface area contributed by atoms with E-state index in [9.17, 15) is 0 Å². The Bertz CT molecular complexity index is 210. The van der Waals surface area contributed by atoms with Crippen LogP contribution in [0, 0.1) is 11.8 Å². The van der Waals surface area contributed by atoms with Crippen molar-refractivity contribution in [1.82, 2.24) is 4.90 Å². The lowest BCUT2D eigenvalue weighted by atomic mass is 10.00. The van der Waals surface area contributed by atoms with Crippen molar-refractivity contribution in [3.8, 4) is 0 Å². The Morgan fingerprint density at radius 1 is 1.53 bits per heavy atom. The number of likely N-dealkylation sites (tertiary alicyclic amines) is 1. The summed E-state index contributed by atoms with van der Waals surface area (Å²) in [4.78, 5) is 6.45. The number of hydrogen-bond donors (Lipinski definition) is 2. The zero-order valence-corrected chi connectivity index (χ0v) is 9.82. The van der Waals surface area contributed by atoms with Crippen molar-refractivity contribution in [2.24, 2.45) is 22.6 Å². The number of hydrogen-bond acceptors (Lipinski definition) is 2. The van der Waals surface area contributed by atoms with E-state index in [0.717, 1.165) is 19.0 Å². The van der Waals surface area contributed by atoms with Gasteiger partial charge in [-0.3, -0.25) is 4.99 Å². The van der Waals surface area contributed by atoms with E-state index in [0.29, 0.717) is 12.5 Å². The molecule has 1 fully saturated rings. The molecule has 1 saturated heterocycles. The number of aliphatic hydroxyl groups is 1. The first-order valence-corrected chi connectivity index (χ1v) is 5.79. The van der Waals surface area contributed by atoms with E-state index in [1.807, 2.05) is 6.92 Å². The molecule has 1 rings (SSSR count). The summed E-state index contributed by atoms with van der Waals surface area (Å²) in [5.41, 5.74) is 5.89. The van der Waals surface area contributed by atoms with Crippen molar-refractivity contribution in [3.05, 3.63) is 0 Å². The van der Waals surface area contributed by atoms with Crippen LogP contribution < -0.4 is 5.73 Å². The molecule has 1 heterocycles. The summed E-state index contributed by atoms with van der Waals surface area (Å²) in [6, 6.07) is 0. The molecule has 3 N–H and O–H groups in total. The van der Waals surface area contributed by atoms with E-state index < -0.39 is 0 Å². The largest absolute Gasteiger partial charge is 0.396 e. The lowest BCUT2D eigenvalue weighted by Gasteiger charge is -2.31. The fourth-order valence-electron chi connectivity index (χ4n) is 1.64. The summed E-state index contributed by atoms with van der Waals surface area (Å²) in [5.74, 6) is 1.65. The number of rotatable bonds is 3. The summed E-state index contributed by atoms with van der Waals surface area (Å²) in [7, 11) is 0. The highest BCUT2D eigenvalue weighted by molar-refractivity contribution is 5.78. The van der Waals surface area contributed by atoms with Gasteiger partial charge in [0.1, 0.15) is 0 Å². The molecule has 0 aromatic carbocycles. The topological polar surface area (TPSA) is 61.8 Å². The molecule has 0 aliphatic carbocycles. The normalized spacial score (nSPS) is 21.8. The maximum atomic E-state index is 8.87. The molecule has 0 aromatic rings. The minimum Gasteiger partial charge on any atom is -0.396 e. The molecular weight excluding hydrogens is 190 g/mol. The van der Waals surface area contributed by atoms with Crippen molar-refractivity contribution >= 4 is 5.96 Å². The minimum atomic E-state index is 0.174. The van der Waals surface area contributed by atoms with Crippen molar-refractivity contribution in [1.29, 1.82) is 0 Å². The van der Waals surface area contributed by atoms with Gasteiger partial charge in [0, 0.05) is 26.2 Å². The summed E-state index contributed by atoms with van der Waals surface area (Å²) in [6.45, 7) is 7.07. The molecule has 15 heavy (non-hydrogen) atoms. The second-order valence-corrected chi connectivity index (χ2v) is 4.66. The zero-order chi connectivity index (χ0) is 11.3. The summed E-state index contributed by atoms with van der Waals surface area (Å²) >= 11 is 0. The van der Waals surface area contributed by atoms with Gasteiger partial charge in [-0.2, -0.15) is 0 Å². The first kappa shape index (κ1) is 12.3. The molecule has 4 heteroatoms. The molecule has 88 valence electrons. The molecule has 1 aliphatic heterocycles. The van der Waals surface area contributed by atoms with Gasteiger partial charge in [0.15, 0.2) is 5.96 Å². The van der Waals surface area contributed by atoms with Crippen molar-refractivity contribution in [3.63, 3.8) is 0 Å². The van der Waals surface area contributed by atoms with Crippen LogP contribution in [0.25, 0.3) is 0 Å². The molecule has 0 saturated carbocycles. The third-order valence-electron chi connectivity index (χ3n) is 2.98. The highest BCUT2D eigenvalue weighted by atomic mass is 16.3. The van der Waals surface area contributed by atoms with Crippen LogP contribution in [0.4, 0.5) is 0 Å². The molecular formula is C11H23N3O. The molecule has 0 spiro atoms. The van der Waals surface area contributed by atoms with Gasteiger partial charge in [-0.05, 0) is 24.7 Å². The van der Waals surface area contributed by atoms with E-state index in [-0.39, 0.29) is 12.5 Å². The van der Waals surface area contributed by atoms with Crippen molar-refractivity contribution in [2.45, 2.75) is 26.7 Å². The molecule has 0 amide bonds. The molecule has 4 nitrogen and oxygen atoms in total. The smallest absolute Gasteiger partial charge is 0.191 e. The fraction of sp³-hybridized carbons (Fsp3) is 0.909. The molecule has 0 bridgehead atoms. The van der Waals surface area contributed by atoms with Gasteiger partial charge in [0.05, 0.1) is 0 Å². The van der Waals surface area contributed by atoms with E-state index in [1.54, 1.807) is 0 Å². The lowest BCUT2D eigenvalue weighted by molar-refractivity contribution is 0.240. The van der Waals surface area contributed by atoms with Gasteiger partial charge in [0.25, 0.3) is 0 Å². The Balaban J connectivity index is 2.35. The van der Waals surface area contributed by atoms with Crippen LogP contribution in [-0.4, -0.2) is 42.2 Å². The van der Waals surface area contributed by atoms with Gasteiger partial charge < -0.3 is 15.7 Å². The summed E-state index contributed by atoms with van der Waals surface area (Å²) < 4.78 is 0. The average Bonchev–Trinajstić information content (AvgIpc) is 2.26. The zero-order valence-electron chi connectivity index (χ0n) is 9.82. The van der Waals surface area contributed by atoms with E-state index in [4.69, 9.17) is 10.8 Å². The number of nitrogens with two attached hydrogens (primary N) is 1. The molecule has 1 unspecified atom stereocenters. The van der Waals surface area contributed by atoms with E-state index in [1.165, 1.54) is 12.8 Å². The number of guanidine groups is 1. The van der Waals surface area contributed by atoms with Crippen LogP contribution in [-0.2, 0) is 0 Å². The lowest BCUT2D eigenvalue weighted by Crippen LogP contribution is -2.42. The maximum Gasteiger partial charge on any atom is 0.191 e. The van der Waals surface area contributed by atoms with E-state index in [2.05, 4.69) is 16.8 Å². The summed E-state index contributed by atoms with van der Waals surface area (Å²) in [5, 5.41) is 8.87. The fourth-order valence-corrected chi connectivity index (χ4v) is 1.64. The van der Waals surface area contributed by atoms with Crippen LogP contribution in [0.1, 0.15) is 26.7 Å². The van der Waals surface area contributed by atoms with Gasteiger partial charge in [0.2, 0.25) is 0 Å². The van der Waals surface area contributed by atoms with Crippen LogP contribution in [0.15, 0.2) is 4.99 Å². The minimum absolute atomic E-state index is 0.174. The number of aliphatic imine (C=N–C) groups is 1. The number of aliphatic hydroxyl groups excluding tert-OH is 1. The van der Waals surface area contributed by atoms with Crippen LogP contribution >= 0.6 is 0 Å². The summed E-state index contributed by atoms with van der Waals surface area (Å²) in [6.07, 6.45) is 2.40. The predicted molar refractivity (Wildman–Crippen MR) is 62.7 cm³/mol. The third-order valence-corrected chi connectivity index (χ3v) is 2.98. The Labute approximate surface area is 92.2 Å². The Kier molecular flexibility index (Phi) is 4.88. The van der Waals surface area contributed by atoms with Gasteiger partial charge in [-0.25, -0.2) is 0 Å². The molecule has 1 aliphatic rings. The second kappa shape index (κ2) is 5.95. The Morgan fingerprint density at radius 2 is 2.13 bits per heavy atom. The maximum absolute atomic E-state index is 8.87. The first-order chi connectivity index (χ1) is 7.13. The van der Waals surface area contributed by atoms with Crippen LogP contribution in [0.2, 0.25) is 0 Å². The van der Waals surface area contributed by atoms with Crippen molar-refractivity contribution in [2.75, 3.05) is 26.2 Å². The highest BCUT2D eigenvalue weighted by Crippen LogP contribution is 2.15. The predicted octanol–water partition coefficient (Wildman–Crippen LogP) is 0.661.